The van der Waals surface area contributed by atoms with Gasteiger partial charge >= 0.3 is 0 Å². The first-order valence-corrected chi connectivity index (χ1v) is 5.78. The highest BCUT2D eigenvalue weighted by Gasteiger charge is 2.10. The van der Waals surface area contributed by atoms with Crippen LogP contribution in [0.2, 0.25) is 0 Å². The maximum Gasteiger partial charge on any atom is 0.0542 e. The van der Waals surface area contributed by atoms with Crippen molar-refractivity contribution in [2.45, 2.75) is 6.92 Å². The first kappa shape index (κ1) is 11.1. The first-order chi connectivity index (χ1) is 7.74. The van der Waals surface area contributed by atoms with E-state index in [0.717, 1.165) is 26.2 Å². The Morgan fingerprint density at radius 3 is 2.31 bits per heavy atom. The first-order valence-electron chi connectivity index (χ1n) is 5.78. The van der Waals surface area contributed by atoms with Crippen LogP contribution in [0.5, 0.6) is 0 Å². The second-order valence-electron chi connectivity index (χ2n) is 4.41. The van der Waals surface area contributed by atoms with E-state index in [1.165, 1.54) is 11.1 Å². The van der Waals surface area contributed by atoms with Crippen molar-refractivity contribution in [2.75, 3.05) is 33.2 Å². The van der Waals surface area contributed by atoms with Gasteiger partial charge in [-0.05, 0) is 19.5 Å². The molecule has 1 saturated heterocycles. The fourth-order valence-corrected chi connectivity index (χ4v) is 1.71. The molecule has 0 aliphatic carbocycles. The standard InChI is InChI=1S/C13H19N3/c1-12-3-5-13(6-4-12)11-14-16-9-7-15(2)8-10-16/h3-6,11H,7-10H2,1-2H3. The number of aryl methyl sites for hydroxylation is 1. The van der Waals surface area contributed by atoms with Crippen molar-refractivity contribution < 1.29 is 0 Å². The van der Waals surface area contributed by atoms with Crippen LogP contribution in [0.25, 0.3) is 0 Å². The molecule has 0 saturated carbocycles. The number of hydrogen-bond acceptors (Lipinski definition) is 3. The second-order valence-corrected chi connectivity index (χ2v) is 4.41. The van der Waals surface area contributed by atoms with Crippen molar-refractivity contribution in [3.63, 3.8) is 0 Å². The predicted octanol–water partition coefficient (Wildman–Crippen LogP) is 1.58. The number of piperazine rings is 1. The van der Waals surface area contributed by atoms with E-state index in [-0.39, 0.29) is 0 Å². The molecular weight excluding hydrogens is 198 g/mol. The molecule has 0 aromatic heterocycles. The molecule has 1 aromatic carbocycles. The van der Waals surface area contributed by atoms with Crippen molar-refractivity contribution in [3.8, 4) is 0 Å². The molecule has 3 heteroatoms. The highest BCUT2D eigenvalue weighted by Crippen LogP contribution is 2.02. The third-order valence-electron chi connectivity index (χ3n) is 2.93. The van der Waals surface area contributed by atoms with Crippen molar-refractivity contribution in [1.82, 2.24) is 9.91 Å². The molecule has 0 unspecified atom stereocenters. The molecule has 2 rings (SSSR count). The van der Waals surface area contributed by atoms with Crippen molar-refractivity contribution in [3.05, 3.63) is 35.4 Å². The number of nitrogens with zero attached hydrogens (tertiary/aromatic N) is 3. The zero-order valence-corrected chi connectivity index (χ0v) is 10.1. The summed E-state index contributed by atoms with van der Waals surface area (Å²) in [4.78, 5) is 2.33. The van der Waals surface area contributed by atoms with Crippen molar-refractivity contribution in [1.29, 1.82) is 0 Å². The normalized spacial score (nSPS) is 18.2. The summed E-state index contributed by atoms with van der Waals surface area (Å²) in [5.74, 6) is 0. The fraction of sp³-hybridized carbons (Fsp3) is 0.462. The van der Waals surface area contributed by atoms with Gasteiger partial charge in [0.1, 0.15) is 0 Å². The Kier molecular flexibility index (Phi) is 3.57. The third-order valence-corrected chi connectivity index (χ3v) is 2.93. The van der Waals surface area contributed by atoms with Gasteiger partial charge in [-0.15, -0.1) is 0 Å². The number of rotatable bonds is 2. The summed E-state index contributed by atoms with van der Waals surface area (Å²) < 4.78 is 0. The molecule has 0 N–H and O–H groups in total. The Balaban J connectivity index is 1.91. The molecule has 0 radical (unpaired) electrons. The average Bonchev–Trinajstić information content (AvgIpc) is 2.30. The minimum Gasteiger partial charge on any atom is -0.303 e. The van der Waals surface area contributed by atoms with Gasteiger partial charge in [0.25, 0.3) is 0 Å². The summed E-state index contributed by atoms with van der Waals surface area (Å²) in [6.45, 7) is 6.36. The van der Waals surface area contributed by atoms with E-state index in [2.05, 4.69) is 53.2 Å². The smallest absolute Gasteiger partial charge is 0.0542 e. The Hall–Kier alpha value is -1.35. The van der Waals surface area contributed by atoms with Crippen molar-refractivity contribution >= 4 is 6.21 Å². The lowest BCUT2D eigenvalue weighted by molar-refractivity contribution is 0.159. The summed E-state index contributed by atoms with van der Waals surface area (Å²) in [6, 6.07) is 8.44. The third kappa shape index (κ3) is 3.07. The summed E-state index contributed by atoms with van der Waals surface area (Å²) in [5, 5.41) is 6.64. The maximum absolute atomic E-state index is 4.50. The van der Waals surface area contributed by atoms with Crippen LogP contribution in [0, 0.1) is 6.92 Å². The Bertz CT molecular complexity index is 348. The van der Waals surface area contributed by atoms with Crippen LogP contribution in [-0.2, 0) is 0 Å². The lowest BCUT2D eigenvalue weighted by Crippen LogP contribution is -2.41. The van der Waals surface area contributed by atoms with E-state index >= 15 is 0 Å². The van der Waals surface area contributed by atoms with Gasteiger partial charge in [-0.25, -0.2) is 0 Å². The van der Waals surface area contributed by atoms with E-state index in [9.17, 15) is 0 Å². The summed E-state index contributed by atoms with van der Waals surface area (Å²) in [5.41, 5.74) is 2.46. The molecule has 1 fully saturated rings. The van der Waals surface area contributed by atoms with Gasteiger partial charge in [0.05, 0.1) is 6.21 Å². The van der Waals surface area contributed by atoms with Crippen LogP contribution in [0.3, 0.4) is 0 Å². The highest BCUT2D eigenvalue weighted by molar-refractivity contribution is 5.79. The highest BCUT2D eigenvalue weighted by atomic mass is 15.5. The molecule has 86 valence electrons. The molecule has 3 nitrogen and oxygen atoms in total. The average molecular weight is 217 g/mol. The van der Waals surface area contributed by atoms with E-state index in [0.29, 0.717) is 0 Å². The lowest BCUT2D eigenvalue weighted by atomic mass is 10.2. The minimum absolute atomic E-state index is 1.03. The molecule has 1 aromatic rings. The number of benzene rings is 1. The number of hydrogen-bond donors (Lipinski definition) is 0. The summed E-state index contributed by atoms with van der Waals surface area (Å²) in [6.07, 6.45) is 1.95. The van der Waals surface area contributed by atoms with Crippen LogP contribution >= 0.6 is 0 Å². The molecule has 0 spiro atoms. The SMILES string of the molecule is Cc1ccc(C=NN2CCN(C)CC2)cc1. The molecule has 1 aliphatic heterocycles. The molecule has 0 amide bonds. The van der Waals surface area contributed by atoms with Gasteiger partial charge in [-0.1, -0.05) is 29.8 Å². The fourth-order valence-electron chi connectivity index (χ4n) is 1.71. The molecule has 16 heavy (non-hydrogen) atoms. The van der Waals surface area contributed by atoms with Crippen LogP contribution in [0.1, 0.15) is 11.1 Å². The van der Waals surface area contributed by atoms with E-state index < -0.39 is 0 Å². The largest absolute Gasteiger partial charge is 0.303 e. The van der Waals surface area contributed by atoms with Gasteiger partial charge in [0, 0.05) is 26.2 Å². The zero-order chi connectivity index (χ0) is 11.4. The summed E-state index contributed by atoms with van der Waals surface area (Å²) in [7, 11) is 2.15. The number of likely N-dealkylation sites (N-methyl/N-ethyl adjacent to an activating group) is 1. The van der Waals surface area contributed by atoms with Crippen LogP contribution in [0.4, 0.5) is 0 Å². The maximum atomic E-state index is 4.50. The molecule has 0 atom stereocenters. The Morgan fingerprint density at radius 1 is 1.06 bits per heavy atom. The van der Waals surface area contributed by atoms with Gasteiger partial charge in [0.15, 0.2) is 0 Å². The van der Waals surface area contributed by atoms with Gasteiger partial charge in [-0.2, -0.15) is 5.10 Å². The Morgan fingerprint density at radius 2 is 1.69 bits per heavy atom. The quantitative estimate of drug-likeness (QED) is 0.700. The van der Waals surface area contributed by atoms with E-state index in [1.54, 1.807) is 0 Å². The topological polar surface area (TPSA) is 18.8 Å². The van der Waals surface area contributed by atoms with E-state index in [1.807, 2.05) is 6.21 Å². The van der Waals surface area contributed by atoms with Gasteiger partial charge in [0.2, 0.25) is 0 Å². The number of hydrazone groups is 1. The lowest BCUT2D eigenvalue weighted by Gasteiger charge is -2.30. The minimum atomic E-state index is 1.03. The molecule has 0 bridgehead atoms. The monoisotopic (exact) mass is 217 g/mol. The molecular formula is C13H19N3. The van der Waals surface area contributed by atoms with Crippen molar-refractivity contribution in [2.24, 2.45) is 5.10 Å². The van der Waals surface area contributed by atoms with Gasteiger partial charge < -0.3 is 4.90 Å². The van der Waals surface area contributed by atoms with Crippen LogP contribution < -0.4 is 0 Å². The summed E-state index contributed by atoms with van der Waals surface area (Å²) >= 11 is 0. The Labute approximate surface area is 97.4 Å². The van der Waals surface area contributed by atoms with Gasteiger partial charge in [-0.3, -0.25) is 5.01 Å². The molecule has 1 heterocycles. The van der Waals surface area contributed by atoms with Crippen LogP contribution in [-0.4, -0.2) is 49.4 Å². The molecule has 1 aliphatic rings. The predicted molar refractivity (Wildman–Crippen MR) is 67.8 cm³/mol. The van der Waals surface area contributed by atoms with E-state index in [4.69, 9.17) is 0 Å². The second kappa shape index (κ2) is 5.12. The zero-order valence-electron chi connectivity index (χ0n) is 10.1. The van der Waals surface area contributed by atoms with Crippen LogP contribution in [0.15, 0.2) is 29.4 Å².